The fourth-order valence-electron chi connectivity index (χ4n) is 3.21. The van der Waals surface area contributed by atoms with Crippen LogP contribution in [0, 0.1) is 0 Å². The Morgan fingerprint density at radius 1 is 1.04 bits per heavy atom. The SMILES string of the molecule is CN(C)C(=O)C1CCCN1C(=O)Nc1ccccc1-c1ccccc1. The topological polar surface area (TPSA) is 52.7 Å². The fraction of sp³-hybridized carbons (Fsp3) is 0.300. The minimum atomic E-state index is -0.376. The van der Waals surface area contributed by atoms with Gasteiger partial charge in [-0.3, -0.25) is 4.79 Å². The Morgan fingerprint density at radius 2 is 1.72 bits per heavy atom. The summed E-state index contributed by atoms with van der Waals surface area (Å²) >= 11 is 0. The first-order valence-electron chi connectivity index (χ1n) is 8.51. The maximum Gasteiger partial charge on any atom is 0.322 e. The number of benzene rings is 2. The molecule has 130 valence electrons. The molecule has 3 rings (SSSR count). The first-order chi connectivity index (χ1) is 12.1. The molecule has 1 aliphatic rings. The van der Waals surface area contributed by atoms with Crippen LogP contribution in [0.2, 0.25) is 0 Å². The maximum absolute atomic E-state index is 12.8. The zero-order chi connectivity index (χ0) is 17.8. The summed E-state index contributed by atoms with van der Waals surface area (Å²) < 4.78 is 0. The average Bonchev–Trinajstić information content (AvgIpc) is 3.12. The first-order valence-corrected chi connectivity index (χ1v) is 8.51. The first kappa shape index (κ1) is 17.0. The molecule has 1 heterocycles. The molecular formula is C20H23N3O2. The molecule has 1 saturated heterocycles. The smallest absolute Gasteiger partial charge is 0.322 e. The van der Waals surface area contributed by atoms with E-state index in [1.165, 1.54) is 0 Å². The lowest BCUT2D eigenvalue weighted by atomic mass is 10.0. The Morgan fingerprint density at radius 3 is 2.44 bits per heavy atom. The molecule has 0 radical (unpaired) electrons. The predicted molar refractivity (Wildman–Crippen MR) is 99.3 cm³/mol. The highest BCUT2D eigenvalue weighted by atomic mass is 16.2. The van der Waals surface area contributed by atoms with Crippen molar-refractivity contribution in [3.63, 3.8) is 0 Å². The van der Waals surface area contributed by atoms with E-state index >= 15 is 0 Å². The third kappa shape index (κ3) is 3.65. The molecule has 0 saturated carbocycles. The summed E-state index contributed by atoms with van der Waals surface area (Å²) in [5, 5.41) is 2.99. The monoisotopic (exact) mass is 337 g/mol. The van der Waals surface area contributed by atoms with Crippen molar-refractivity contribution in [1.82, 2.24) is 9.80 Å². The summed E-state index contributed by atoms with van der Waals surface area (Å²) in [6, 6.07) is 17.1. The van der Waals surface area contributed by atoms with Crippen LogP contribution in [0.15, 0.2) is 54.6 Å². The zero-order valence-corrected chi connectivity index (χ0v) is 14.6. The van der Waals surface area contributed by atoms with Gasteiger partial charge in [0.2, 0.25) is 5.91 Å². The summed E-state index contributed by atoms with van der Waals surface area (Å²) in [7, 11) is 3.45. The maximum atomic E-state index is 12.8. The van der Waals surface area contributed by atoms with Crippen LogP contribution in [0.4, 0.5) is 10.5 Å². The minimum Gasteiger partial charge on any atom is -0.347 e. The highest BCUT2D eigenvalue weighted by Crippen LogP contribution is 2.28. The number of urea groups is 1. The van der Waals surface area contributed by atoms with Crippen LogP contribution in [0.5, 0.6) is 0 Å². The quantitative estimate of drug-likeness (QED) is 0.933. The number of likely N-dealkylation sites (tertiary alicyclic amines) is 1. The second-order valence-electron chi connectivity index (χ2n) is 6.43. The number of rotatable bonds is 3. The molecule has 0 aromatic heterocycles. The third-order valence-electron chi connectivity index (χ3n) is 4.49. The Balaban J connectivity index is 1.81. The van der Waals surface area contributed by atoms with Crippen molar-refractivity contribution < 1.29 is 9.59 Å². The Hall–Kier alpha value is -2.82. The normalized spacial score (nSPS) is 16.6. The van der Waals surface area contributed by atoms with Crippen molar-refractivity contribution in [3.05, 3.63) is 54.6 Å². The number of para-hydroxylation sites is 1. The van der Waals surface area contributed by atoms with E-state index < -0.39 is 0 Å². The van der Waals surface area contributed by atoms with E-state index in [9.17, 15) is 9.59 Å². The van der Waals surface area contributed by atoms with Gasteiger partial charge in [0.1, 0.15) is 6.04 Å². The molecule has 5 heteroatoms. The number of hydrogen-bond acceptors (Lipinski definition) is 2. The van der Waals surface area contributed by atoms with Gasteiger partial charge in [-0.2, -0.15) is 0 Å². The summed E-state index contributed by atoms with van der Waals surface area (Å²) in [4.78, 5) is 28.3. The van der Waals surface area contributed by atoms with Crippen molar-refractivity contribution in [2.45, 2.75) is 18.9 Å². The van der Waals surface area contributed by atoms with E-state index in [-0.39, 0.29) is 18.0 Å². The molecule has 1 unspecified atom stereocenters. The van der Waals surface area contributed by atoms with Gasteiger partial charge in [0, 0.05) is 26.2 Å². The van der Waals surface area contributed by atoms with Gasteiger partial charge < -0.3 is 15.1 Å². The highest BCUT2D eigenvalue weighted by molar-refractivity contribution is 5.97. The standard InChI is InChI=1S/C20H23N3O2/c1-22(2)19(24)18-13-8-14-23(18)20(25)21-17-12-7-6-11-16(17)15-9-4-3-5-10-15/h3-7,9-12,18H,8,13-14H2,1-2H3,(H,21,25). The average molecular weight is 337 g/mol. The molecule has 2 aromatic rings. The number of nitrogens with zero attached hydrogens (tertiary/aromatic N) is 2. The van der Waals surface area contributed by atoms with Gasteiger partial charge in [-0.1, -0.05) is 48.5 Å². The molecular weight excluding hydrogens is 314 g/mol. The molecule has 0 spiro atoms. The fourth-order valence-corrected chi connectivity index (χ4v) is 3.21. The largest absolute Gasteiger partial charge is 0.347 e. The highest BCUT2D eigenvalue weighted by Gasteiger charge is 2.35. The molecule has 1 atom stereocenters. The molecule has 0 bridgehead atoms. The summed E-state index contributed by atoms with van der Waals surface area (Å²) in [6.45, 7) is 0.601. The Labute approximate surface area is 148 Å². The summed E-state index contributed by atoms with van der Waals surface area (Å²) in [5.74, 6) is -0.0241. The van der Waals surface area contributed by atoms with E-state index in [4.69, 9.17) is 0 Å². The Kier molecular flexibility index (Phi) is 5.03. The van der Waals surface area contributed by atoms with Gasteiger partial charge in [-0.25, -0.2) is 4.79 Å². The molecule has 5 nitrogen and oxygen atoms in total. The lowest BCUT2D eigenvalue weighted by Crippen LogP contribution is -2.47. The number of carbonyl (C=O) groups excluding carboxylic acids is 2. The second kappa shape index (κ2) is 7.38. The van der Waals surface area contributed by atoms with E-state index in [0.29, 0.717) is 13.0 Å². The zero-order valence-electron chi connectivity index (χ0n) is 14.6. The molecule has 25 heavy (non-hydrogen) atoms. The molecule has 3 amide bonds. The lowest BCUT2D eigenvalue weighted by molar-refractivity contribution is -0.132. The number of hydrogen-bond donors (Lipinski definition) is 1. The number of carbonyl (C=O) groups is 2. The van der Waals surface area contributed by atoms with Crippen molar-refractivity contribution in [1.29, 1.82) is 0 Å². The van der Waals surface area contributed by atoms with Crippen LogP contribution < -0.4 is 5.32 Å². The number of nitrogens with one attached hydrogen (secondary N) is 1. The summed E-state index contributed by atoms with van der Waals surface area (Å²) in [6.07, 6.45) is 1.56. The van der Waals surface area contributed by atoms with E-state index in [0.717, 1.165) is 23.2 Å². The Bertz CT molecular complexity index is 759. The van der Waals surface area contributed by atoms with Crippen molar-refractivity contribution in [3.8, 4) is 11.1 Å². The van der Waals surface area contributed by atoms with Gasteiger partial charge in [-0.15, -0.1) is 0 Å². The summed E-state index contributed by atoms with van der Waals surface area (Å²) in [5.41, 5.74) is 2.76. The predicted octanol–water partition coefficient (Wildman–Crippen LogP) is 3.44. The van der Waals surface area contributed by atoms with Crippen LogP contribution in [0.3, 0.4) is 0 Å². The van der Waals surface area contributed by atoms with Gasteiger partial charge in [-0.05, 0) is 24.5 Å². The lowest BCUT2D eigenvalue weighted by Gasteiger charge is -2.26. The van der Waals surface area contributed by atoms with Gasteiger partial charge in [0.15, 0.2) is 0 Å². The molecule has 2 aromatic carbocycles. The third-order valence-corrected chi connectivity index (χ3v) is 4.49. The number of amides is 3. The minimum absolute atomic E-state index is 0.0241. The van der Waals surface area contributed by atoms with Crippen LogP contribution in [-0.4, -0.2) is 48.4 Å². The molecule has 1 aliphatic heterocycles. The van der Waals surface area contributed by atoms with E-state index in [1.807, 2.05) is 54.6 Å². The van der Waals surface area contributed by atoms with Crippen molar-refractivity contribution in [2.75, 3.05) is 26.0 Å². The van der Waals surface area contributed by atoms with Gasteiger partial charge in [0.05, 0.1) is 5.69 Å². The van der Waals surface area contributed by atoms with Crippen LogP contribution >= 0.6 is 0 Å². The van der Waals surface area contributed by atoms with E-state index in [1.54, 1.807) is 23.9 Å². The van der Waals surface area contributed by atoms with Crippen LogP contribution in [0.25, 0.3) is 11.1 Å². The number of likely N-dealkylation sites (N-methyl/N-ethyl adjacent to an activating group) is 1. The van der Waals surface area contributed by atoms with Gasteiger partial charge >= 0.3 is 6.03 Å². The van der Waals surface area contributed by atoms with E-state index in [2.05, 4.69) is 5.32 Å². The second-order valence-corrected chi connectivity index (χ2v) is 6.43. The molecule has 1 fully saturated rings. The van der Waals surface area contributed by atoms with Crippen LogP contribution in [-0.2, 0) is 4.79 Å². The van der Waals surface area contributed by atoms with Crippen molar-refractivity contribution >= 4 is 17.6 Å². The molecule has 0 aliphatic carbocycles. The molecule has 1 N–H and O–H groups in total. The number of anilines is 1. The van der Waals surface area contributed by atoms with Crippen molar-refractivity contribution in [2.24, 2.45) is 0 Å². The van der Waals surface area contributed by atoms with Crippen LogP contribution in [0.1, 0.15) is 12.8 Å². The van der Waals surface area contributed by atoms with Gasteiger partial charge in [0.25, 0.3) is 0 Å².